The number of rotatable bonds is 11. The van der Waals surface area contributed by atoms with Crippen molar-refractivity contribution in [2.75, 3.05) is 13.2 Å². The Bertz CT molecular complexity index is 1170. The molecule has 190 valence electrons. The van der Waals surface area contributed by atoms with Crippen molar-refractivity contribution in [2.45, 2.75) is 37.9 Å². The molecule has 0 bridgehead atoms. The molecule has 2 aromatic carbocycles. The first-order valence-corrected chi connectivity index (χ1v) is 12.9. The van der Waals surface area contributed by atoms with Gasteiger partial charge in [0.2, 0.25) is 0 Å². The fourth-order valence-corrected chi connectivity index (χ4v) is 4.44. The van der Waals surface area contributed by atoms with Gasteiger partial charge in [-0.05, 0) is 49.9 Å². The van der Waals surface area contributed by atoms with Crippen LogP contribution in [-0.2, 0) is 27.2 Å². The number of phosphoric ester groups is 1. The van der Waals surface area contributed by atoms with E-state index in [-0.39, 0.29) is 27.9 Å². The van der Waals surface area contributed by atoms with Crippen LogP contribution in [-0.4, -0.2) is 33.2 Å². The van der Waals surface area contributed by atoms with Crippen LogP contribution in [0.2, 0.25) is 0 Å². The van der Waals surface area contributed by atoms with Gasteiger partial charge in [0.15, 0.2) is 0 Å². The fourth-order valence-electron chi connectivity index (χ4n) is 3.12. The number of hydrogen-bond donors (Lipinski definition) is 3. The molecule has 13 heteroatoms. The number of halogens is 3. The van der Waals surface area contributed by atoms with Gasteiger partial charge in [0.05, 0.1) is 24.3 Å². The standard InChI is InChI=1S/C22H25F3N3O5PS/c1-21(26,14-33-34(29,30)31)20-28-27-19(35-20)16-10-11-18(17(13-16)22(23,24)25)32-12-6-5-9-15-7-3-2-4-8-15/h2-4,7-8,10-11,13H,5-6,9,12,14,26H2,1H3,(H2,29,30,31)/t21-/m1/s1. The highest BCUT2D eigenvalue weighted by Gasteiger charge is 2.35. The number of phosphoric acid groups is 1. The lowest BCUT2D eigenvalue weighted by molar-refractivity contribution is -0.138. The number of benzene rings is 2. The molecule has 35 heavy (non-hydrogen) atoms. The predicted octanol–water partition coefficient (Wildman–Crippen LogP) is 4.91. The highest BCUT2D eigenvalue weighted by atomic mass is 32.1. The molecular formula is C22H25F3N3O5PS. The highest BCUT2D eigenvalue weighted by molar-refractivity contribution is 7.46. The molecule has 1 atom stereocenters. The van der Waals surface area contributed by atoms with Crippen molar-refractivity contribution >= 4 is 19.2 Å². The number of ether oxygens (including phenoxy) is 1. The van der Waals surface area contributed by atoms with Crippen LogP contribution in [0.5, 0.6) is 5.75 Å². The Hall–Kier alpha value is -2.34. The quantitative estimate of drug-likeness (QED) is 0.235. The summed E-state index contributed by atoms with van der Waals surface area (Å²) in [6.45, 7) is 1.00. The van der Waals surface area contributed by atoms with Crippen LogP contribution in [0, 0.1) is 0 Å². The van der Waals surface area contributed by atoms with Crippen molar-refractivity contribution in [1.82, 2.24) is 10.2 Å². The van der Waals surface area contributed by atoms with Crippen LogP contribution < -0.4 is 10.5 Å². The van der Waals surface area contributed by atoms with Gasteiger partial charge in [0.25, 0.3) is 0 Å². The number of aromatic nitrogens is 2. The molecule has 8 nitrogen and oxygen atoms in total. The molecule has 1 aromatic heterocycles. The maximum absolute atomic E-state index is 13.7. The van der Waals surface area contributed by atoms with E-state index in [2.05, 4.69) is 14.7 Å². The molecule has 0 aliphatic rings. The lowest BCUT2D eigenvalue weighted by atomic mass is 10.1. The van der Waals surface area contributed by atoms with Crippen molar-refractivity contribution in [3.8, 4) is 16.3 Å². The van der Waals surface area contributed by atoms with E-state index in [4.69, 9.17) is 20.3 Å². The molecule has 0 aliphatic carbocycles. The van der Waals surface area contributed by atoms with Gasteiger partial charge < -0.3 is 20.3 Å². The van der Waals surface area contributed by atoms with Crippen LogP contribution in [0.3, 0.4) is 0 Å². The first-order chi connectivity index (χ1) is 16.4. The van der Waals surface area contributed by atoms with Gasteiger partial charge in [0.1, 0.15) is 15.8 Å². The van der Waals surface area contributed by atoms with Gasteiger partial charge >= 0.3 is 14.0 Å². The van der Waals surface area contributed by atoms with Crippen LogP contribution in [0.4, 0.5) is 13.2 Å². The fraction of sp³-hybridized carbons (Fsp3) is 0.364. The summed E-state index contributed by atoms with van der Waals surface area (Å²) in [7, 11) is -4.76. The van der Waals surface area contributed by atoms with E-state index in [0.717, 1.165) is 35.8 Å². The van der Waals surface area contributed by atoms with E-state index in [1.165, 1.54) is 19.1 Å². The highest BCUT2D eigenvalue weighted by Crippen LogP contribution is 2.41. The summed E-state index contributed by atoms with van der Waals surface area (Å²) >= 11 is 0.903. The molecule has 0 unspecified atom stereocenters. The molecule has 1 heterocycles. The van der Waals surface area contributed by atoms with Gasteiger partial charge in [-0.1, -0.05) is 41.7 Å². The van der Waals surface area contributed by atoms with Crippen molar-refractivity contribution < 1.29 is 36.8 Å². The first kappa shape index (κ1) is 27.3. The Morgan fingerprint density at radius 1 is 1.09 bits per heavy atom. The summed E-state index contributed by atoms with van der Waals surface area (Å²) < 4.78 is 62.0. The second-order valence-corrected chi connectivity index (χ2v) is 10.3. The van der Waals surface area contributed by atoms with E-state index >= 15 is 0 Å². The second-order valence-electron chi connectivity index (χ2n) is 8.09. The van der Waals surface area contributed by atoms with E-state index in [0.29, 0.717) is 6.42 Å². The second kappa shape index (κ2) is 11.2. The molecule has 3 rings (SSSR count). The summed E-state index contributed by atoms with van der Waals surface area (Å²) in [5.41, 5.74) is 4.99. The average molecular weight is 531 g/mol. The Labute approximate surface area is 204 Å². The summed E-state index contributed by atoms with van der Waals surface area (Å²) in [6.07, 6.45) is -2.46. The third-order valence-electron chi connectivity index (χ3n) is 4.94. The lowest BCUT2D eigenvalue weighted by Gasteiger charge is -2.21. The summed E-state index contributed by atoms with van der Waals surface area (Å²) in [5, 5.41) is 8.07. The maximum atomic E-state index is 13.7. The third-order valence-corrected chi connectivity index (χ3v) is 6.66. The van der Waals surface area contributed by atoms with E-state index < -0.39 is 31.7 Å². The first-order valence-electron chi connectivity index (χ1n) is 10.6. The number of unbranched alkanes of at least 4 members (excludes halogenated alkanes) is 1. The van der Waals surface area contributed by atoms with Gasteiger partial charge in [-0.15, -0.1) is 10.2 Å². The van der Waals surface area contributed by atoms with Gasteiger partial charge in [0, 0.05) is 5.56 Å². The number of nitrogens with two attached hydrogens (primary N) is 1. The minimum Gasteiger partial charge on any atom is -0.493 e. The predicted molar refractivity (Wildman–Crippen MR) is 125 cm³/mol. The molecule has 0 saturated carbocycles. The monoisotopic (exact) mass is 531 g/mol. The average Bonchev–Trinajstić information content (AvgIpc) is 3.29. The van der Waals surface area contributed by atoms with E-state index in [1.807, 2.05) is 30.3 Å². The Balaban J connectivity index is 1.69. The topological polar surface area (TPSA) is 128 Å². The zero-order chi connectivity index (χ0) is 25.7. The Morgan fingerprint density at radius 2 is 1.80 bits per heavy atom. The molecule has 0 amide bonds. The molecule has 4 N–H and O–H groups in total. The molecule has 3 aromatic rings. The van der Waals surface area contributed by atoms with Gasteiger partial charge in [-0.3, -0.25) is 4.52 Å². The normalized spacial score (nSPS) is 14.0. The maximum Gasteiger partial charge on any atom is 0.469 e. The Kier molecular flexibility index (Phi) is 8.68. The van der Waals surface area contributed by atoms with Crippen LogP contribution >= 0.6 is 19.2 Å². The minimum absolute atomic E-state index is 0.142. The largest absolute Gasteiger partial charge is 0.493 e. The van der Waals surface area contributed by atoms with E-state index in [9.17, 15) is 17.7 Å². The molecule has 0 fully saturated rings. The van der Waals surface area contributed by atoms with Crippen molar-refractivity contribution in [3.63, 3.8) is 0 Å². The van der Waals surface area contributed by atoms with Crippen molar-refractivity contribution in [1.29, 1.82) is 0 Å². The minimum atomic E-state index is -4.76. The molecule has 0 aliphatic heterocycles. The zero-order valence-corrected chi connectivity index (χ0v) is 20.4. The smallest absolute Gasteiger partial charge is 0.469 e. The summed E-state index contributed by atoms with van der Waals surface area (Å²) in [4.78, 5) is 17.7. The van der Waals surface area contributed by atoms with Crippen LogP contribution in [0.15, 0.2) is 48.5 Å². The van der Waals surface area contributed by atoms with Crippen molar-refractivity contribution in [2.24, 2.45) is 5.73 Å². The summed E-state index contributed by atoms with van der Waals surface area (Å²) in [6, 6.07) is 13.4. The Morgan fingerprint density at radius 3 is 2.46 bits per heavy atom. The number of nitrogens with zero attached hydrogens (tertiary/aromatic N) is 2. The van der Waals surface area contributed by atoms with Gasteiger partial charge in [-0.2, -0.15) is 13.2 Å². The lowest BCUT2D eigenvalue weighted by Crippen LogP contribution is -2.37. The van der Waals surface area contributed by atoms with Gasteiger partial charge in [-0.25, -0.2) is 4.57 Å². The zero-order valence-electron chi connectivity index (χ0n) is 18.7. The third kappa shape index (κ3) is 8.09. The van der Waals surface area contributed by atoms with E-state index in [1.54, 1.807) is 0 Å². The molecular weight excluding hydrogens is 506 g/mol. The SMILES string of the molecule is C[C@@](N)(COP(=O)(O)O)c1nnc(-c2ccc(OCCCCc3ccccc3)c(C(F)(F)F)c2)s1. The molecule has 0 saturated heterocycles. The number of hydrogen-bond acceptors (Lipinski definition) is 7. The summed E-state index contributed by atoms with van der Waals surface area (Å²) in [5.74, 6) is -0.274. The van der Waals surface area contributed by atoms with Crippen molar-refractivity contribution in [3.05, 3.63) is 64.7 Å². The van der Waals surface area contributed by atoms with Crippen LogP contribution in [0.25, 0.3) is 10.6 Å². The van der Waals surface area contributed by atoms with Crippen LogP contribution in [0.1, 0.15) is 35.9 Å². The number of alkyl halides is 3. The molecule has 0 radical (unpaired) electrons. The number of aryl methyl sites for hydroxylation is 1. The molecule has 0 spiro atoms.